The minimum Gasteiger partial charge on any atom is -0.393 e. The van der Waals surface area contributed by atoms with Crippen LogP contribution in [0.2, 0.25) is 0 Å². The van der Waals surface area contributed by atoms with Gasteiger partial charge in [-0.3, -0.25) is 4.79 Å². The predicted molar refractivity (Wildman–Crippen MR) is 82.0 cm³/mol. The van der Waals surface area contributed by atoms with Gasteiger partial charge in [0.25, 0.3) is 5.91 Å². The molecule has 20 heavy (non-hydrogen) atoms. The van der Waals surface area contributed by atoms with Crippen molar-refractivity contribution < 1.29 is 9.90 Å². The number of hydrogen-bond donors (Lipinski definition) is 2. The average Bonchev–Trinajstić information content (AvgIpc) is 2.41. The van der Waals surface area contributed by atoms with Gasteiger partial charge in [-0.25, -0.2) is 4.98 Å². The fraction of sp³-hybridized carbons (Fsp3) is 0.571. The molecule has 1 aliphatic rings. The van der Waals surface area contributed by atoms with Crippen LogP contribution in [0.15, 0.2) is 16.7 Å². The van der Waals surface area contributed by atoms with Gasteiger partial charge in [0.05, 0.1) is 11.7 Å². The van der Waals surface area contributed by atoms with Crippen molar-refractivity contribution in [3.05, 3.63) is 22.3 Å². The summed E-state index contributed by atoms with van der Waals surface area (Å²) in [5.41, 5.74) is 0.565. The van der Waals surface area contributed by atoms with Gasteiger partial charge in [-0.15, -0.1) is 0 Å². The van der Waals surface area contributed by atoms with Gasteiger partial charge in [0.15, 0.2) is 0 Å². The van der Waals surface area contributed by atoms with E-state index in [9.17, 15) is 9.90 Å². The highest BCUT2D eigenvalue weighted by atomic mass is 79.9. The molecule has 1 aromatic heterocycles. The number of carbonyl (C=O) groups is 1. The highest BCUT2D eigenvalue weighted by molar-refractivity contribution is 9.10. The van der Waals surface area contributed by atoms with Crippen molar-refractivity contribution in [3.63, 3.8) is 0 Å². The Morgan fingerprint density at radius 3 is 2.65 bits per heavy atom. The van der Waals surface area contributed by atoms with Gasteiger partial charge >= 0.3 is 0 Å². The van der Waals surface area contributed by atoms with Gasteiger partial charge in [0.1, 0.15) is 5.82 Å². The molecule has 0 spiro atoms. The summed E-state index contributed by atoms with van der Waals surface area (Å²) >= 11 is 3.35. The van der Waals surface area contributed by atoms with Gasteiger partial charge in [0.2, 0.25) is 0 Å². The van der Waals surface area contributed by atoms with Crippen molar-refractivity contribution in [2.75, 3.05) is 19.0 Å². The van der Waals surface area contributed by atoms with E-state index in [1.54, 1.807) is 12.3 Å². The molecule has 1 saturated carbocycles. The van der Waals surface area contributed by atoms with E-state index in [2.05, 4.69) is 26.2 Å². The van der Waals surface area contributed by atoms with Gasteiger partial charge < -0.3 is 15.3 Å². The van der Waals surface area contributed by atoms with Crippen molar-refractivity contribution in [3.8, 4) is 0 Å². The first kappa shape index (κ1) is 15.3. The van der Waals surface area contributed by atoms with Crippen molar-refractivity contribution in [2.24, 2.45) is 0 Å². The first-order valence-corrected chi connectivity index (χ1v) is 7.58. The number of carbonyl (C=O) groups excluding carboxylic acids is 1. The van der Waals surface area contributed by atoms with E-state index in [1.165, 1.54) is 0 Å². The molecule has 6 heteroatoms. The molecule has 0 unspecified atom stereocenters. The molecule has 1 aliphatic carbocycles. The molecule has 110 valence electrons. The Hall–Kier alpha value is -1.14. The number of amides is 1. The summed E-state index contributed by atoms with van der Waals surface area (Å²) in [6.45, 7) is 0. The number of aliphatic hydroxyl groups is 1. The number of hydrogen-bond acceptors (Lipinski definition) is 4. The van der Waals surface area contributed by atoms with Crippen LogP contribution in [-0.2, 0) is 0 Å². The van der Waals surface area contributed by atoms with E-state index in [-0.39, 0.29) is 18.1 Å². The highest BCUT2D eigenvalue weighted by Crippen LogP contribution is 2.22. The minimum atomic E-state index is -0.215. The third kappa shape index (κ3) is 3.70. The Bertz CT molecular complexity index is 485. The van der Waals surface area contributed by atoms with Crippen molar-refractivity contribution in [1.82, 2.24) is 10.3 Å². The number of nitrogens with zero attached hydrogens (tertiary/aromatic N) is 2. The second kappa shape index (κ2) is 6.54. The molecule has 5 nitrogen and oxygen atoms in total. The topological polar surface area (TPSA) is 65.5 Å². The summed E-state index contributed by atoms with van der Waals surface area (Å²) in [5.74, 6) is 0.547. The lowest BCUT2D eigenvalue weighted by atomic mass is 9.93. The Morgan fingerprint density at radius 1 is 1.40 bits per heavy atom. The number of aromatic nitrogens is 1. The van der Waals surface area contributed by atoms with E-state index in [0.29, 0.717) is 11.4 Å². The summed E-state index contributed by atoms with van der Waals surface area (Å²) in [6.07, 6.45) is 4.62. The molecule has 0 saturated heterocycles. The van der Waals surface area contributed by atoms with Crippen LogP contribution in [0.1, 0.15) is 36.0 Å². The molecule has 0 radical (unpaired) electrons. The summed E-state index contributed by atoms with van der Waals surface area (Å²) < 4.78 is 0.785. The number of pyridine rings is 1. The Balaban J connectivity index is 2.10. The second-order valence-electron chi connectivity index (χ2n) is 5.40. The molecule has 1 amide bonds. The summed E-state index contributed by atoms with van der Waals surface area (Å²) in [7, 11) is 3.73. The van der Waals surface area contributed by atoms with E-state index < -0.39 is 0 Å². The van der Waals surface area contributed by atoms with Crippen LogP contribution in [-0.4, -0.2) is 42.2 Å². The van der Waals surface area contributed by atoms with Crippen LogP contribution in [0, 0.1) is 0 Å². The number of nitrogens with one attached hydrogen (secondary N) is 1. The summed E-state index contributed by atoms with van der Waals surface area (Å²) in [6, 6.07) is 1.93. The van der Waals surface area contributed by atoms with Crippen molar-refractivity contribution >= 4 is 27.7 Å². The van der Waals surface area contributed by atoms with Crippen LogP contribution in [0.3, 0.4) is 0 Å². The van der Waals surface area contributed by atoms with Crippen LogP contribution in [0.5, 0.6) is 0 Å². The maximum Gasteiger partial charge on any atom is 0.255 e. The molecular weight excluding hydrogens is 322 g/mol. The third-order valence-electron chi connectivity index (χ3n) is 3.53. The molecule has 0 atom stereocenters. The van der Waals surface area contributed by atoms with E-state index in [1.807, 2.05) is 19.0 Å². The lowest BCUT2D eigenvalue weighted by Crippen LogP contribution is -2.39. The fourth-order valence-corrected chi connectivity index (χ4v) is 2.77. The SMILES string of the molecule is CN(C)c1ncc(Br)cc1C(=O)NC1CCC(O)CC1. The van der Waals surface area contributed by atoms with Crippen LogP contribution in [0.4, 0.5) is 5.82 Å². The normalized spacial score (nSPS) is 22.4. The molecule has 0 aromatic carbocycles. The van der Waals surface area contributed by atoms with Crippen LogP contribution < -0.4 is 10.2 Å². The zero-order chi connectivity index (χ0) is 14.7. The molecule has 2 rings (SSSR count). The number of rotatable bonds is 3. The molecule has 1 fully saturated rings. The zero-order valence-corrected chi connectivity index (χ0v) is 13.4. The van der Waals surface area contributed by atoms with Crippen molar-refractivity contribution in [1.29, 1.82) is 0 Å². The number of halogens is 1. The lowest BCUT2D eigenvalue weighted by Gasteiger charge is -2.26. The number of anilines is 1. The first-order valence-electron chi connectivity index (χ1n) is 6.79. The quantitative estimate of drug-likeness (QED) is 0.881. The minimum absolute atomic E-state index is 0.108. The van der Waals surface area contributed by atoms with Gasteiger partial charge in [-0.2, -0.15) is 0 Å². The van der Waals surface area contributed by atoms with Crippen molar-refractivity contribution in [2.45, 2.75) is 37.8 Å². The standard InChI is InChI=1S/C14H20BrN3O2/c1-18(2)13-12(7-9(15)8-16-13)14(20)17-10-3-5-11(19)6-4-10/h7-8,10-11,19H,3-6H2,1-2H3,(H,17,20). The van der Waals surface area contributed by atoms with Gasteiger partial charge in [-0.1, -0.05) is 0 Å². The van der Waals surface area contributed by atoms with Crippen LogP contribution in [0.25, 0.3) is 0 Å². The van der Waals surface area contributed by atoms with Gasteiger partial charge in [-0.05, 0) is 47.7 Å². The highest BCUT2D eigenvalue weighted by Gasteiger charge is 2.23. The Kier molecular flexibility index (Phi) is 4.99. The lowest BCUT2D eigenvalue weighted by molar-refractivity contribution is 0.0868. The molecule has 2 N–H and O–H groups in total. The maximum absolute atomic E-state index is 12.4. The molecule has 0 aliphatic heterocycles. The molecule has 1 heterocycles. The summed E-state index contributed by atoms with van der Waals surface area (Å²) in [4.78, 5) is 18.5. The monoisotopic (exact) mass is 341 g/mol. The summed E-state index contributed by atoms with van der Waals surface area (Å²) in [5, 5.41) is 12.5. The molecule has 1 aromatic rings. The first-order chi connectivity index (χ1) is 9.47. The largest absolute Gasteiger partial charge is 0.393 e. The zero-order valence-electron chi connectivity index (χ0n) is 11.8. The predicted octanol–water partition coefficient (Wildman–Crippen LogP) is 1.94. The molecule has 0 bridgehead atoms. The average molecular weight is 342 g/mol. The van der Waals surface area contributed by atoms with E-state index in [4.69, 9.17) is 0 Å². The van der Waals surface area contributed by atoms with Crippen LogP contribution >= 0.6 is 15.9 Å². The third-order valence-corrected chi connectivity index (χ3v) is 3.97. The second-order valence-corrected chi connectivity index (χ2v) is 6.31. The number of aliphatic hydroxyl groups excluding tert-OH is 1. The molecular formula is C14H20BrN3O2. The van der Waals surface area contributed by atoms with E-state index >= 15 is 0 Å². The maximum atomic E-state index is 12.4. The van der Waals surface area contributed by atoms with E-state index in [0.717, 1.165) is 30.2 Å². The smallest absolute Gasteiger partial charge is 0.255 e. The Labute approximate surface area is 127 Å². The van der Waals surface area contributed by atoms with Gasteiger partial charge in [0, 0.05) is 30.8 Å². The Morgan fingerprint density at radius 2 is 2.05 bits per heavy atom. The fourth-order valence-electron chi connectivity index (χ4n) is 2.44.